The molecule has 1 saturated heterocycles. The summed E-state index contributed by atoms with van der Waals surface area (Å²) < 4.78 is 5.20. The molecule has 2 aromatic rings. The molecule has 1 aliphatic rings. The van der Waals surface area contributed by atoms with E-state index in [0.717, 1.165) is 6.42 Å². The Morgan fingerprint density at radius 2 is 1.93 bits per heavy atom. The van der Waals surface area contributed by atoms with Crippen molar-refractivity contribution < 1.29 is 14.3 Å². The van der Waals surface area contributed by atoms with Gasteiger partial charge in [-0.25, -0.2) is 4.79 Å². The molecule has 2 atom stereocenters. The molecule has 1 aliphatic heterocycles. The van der Waals surface area contributed by atoms with E-state index in [2.05, 4.69) is 24.0 Å². The molecule has 0 N–H and O–H groups in total. The quantitative estimate of drug-likeness (QED) is 0.750. The second-order valence-corrected chi connectivity index (χ2v) is 7.66. The number of likely N-dealkylation sites (tertiary alicyclic amines) is 1. The van der Waals surface area contributed by atoms with Gasteiger partial charge >= 0.3 is 5.97 Å². The number of halogens is 1. The molecular weight excluding hydrogens is 368 g/mol. The van der Waals surface area contributed by atoms with E-state index >= 15 is 0 Å². The van der Waals surface area contributed by atoms with Crippen molar-refractivity contribution in [1.82, 2.24) is 19.9 Å². The minimum Gasteiger partial charge on any atom is -0.451 e. The van der Waals surface area contributed by atoms with Crippen LogP contribution in [0.25, 0.3) is 5.69 Å². The summed E-state index contributed by atoms with van der Waals surface area (Å²) in [4.78, 5) is 27.8. The molecule has 1 aromatic carbocycles. The average molecular weight is 391 g/mol. The molecule has 0 spiro atoms. The number of carbonyl (C=O) groups is 2. The third kappa shape index (κ3) is 4.66. The van der Waals surface area contributed by atoms with Crippen molar-refractivity contribution in [2.24, 2.45) is 11.8 Å². The van der Waals surface area contributed by atoms with Crippen molar-refractivity contribution in [3.63, 3.8) is 0 Å². The molecule has 0 unspecified atom stereocenters. The lowest BCUT2D eigenvalue weighted by Crippen LogP contribution is -2.44. The number of aromatic nitrogens is 3. The van der Waals surface area contributed by atoms with E-state index in [1.807, 2.05) is 0 Å². The smallest absolute Gasteiger partial charge is 0.361 e. The van der Waals surface area contributed by atoms with Crippen LogP contribution in [-0.2, 0) is 9.53 Å². The highest BCUT2D eigenvalue weighted by atomic mass is 35.5. The van der Waals surface area contributed by atoms with Gasteiger partial charge in [0.1, 0.15) is 0 Å². The summed E-state index contributed by atoms with van der Waals surface area (Å²) in [6, 6.07) is 6.99. The topological polar surface area (TPSA) is 77.3 Å². The number of carbonyl (C=O) groups excluding carboxylic acids is 2. The Morgan fingerprint density at radius 1 is 1.22 bits per heavy atom. The first-order chi connectivity index (χ1) is 12.8. The maximum atomic E-state index is 12.4. The van der Waals surface area contributed by atoms with Crippen LogP contribution in [0.3, 0.4) is 0 Å². The largest absolute Gasteiger partial charge is 0.451 e. The highest BCUT2D eigenvalue weighted by Crippen LogP contribution is 2.21. The first kappa shape index (κ1) is 19.4. The molecule has 1 amide bonds. The van der Waals surface area contributed by atoms with E-state index in [-0.39, 0.29) is 18.2 Å². The van der Waals surface area contributed by atoms with Gasteiger partial charge in [0.15, 0.2) is 12.3 Å². The van der Waals surface area contributed by atoms with Crippen LogP contribution in [-0.4, -0.2) is 51.5 Å². The standard InChI is InChI=1S/C19H23ClN4O3/c1-12-7-13(2)10-23(9-12)17(25)11-27-19(26)18-14(3)21-24(22-18)16-6-4-5-15(20)8-16/h4-6,8,12-13H,7,9-11H2,1-3H3/t12-,13+. The second-order valence-electron chi connectivity index (χ2n) is 7.22. The highest BCUT2D eigenvalue weighted by molar-refractivity contribution is 6.30. The summed E-state index contributed by atoms with van der Waals surface area (Å²) in [6.45, 7) is 7.02. The van der Waals surface area contributed by atoms with Crippen LogP contribution in [0, 0.1) is 18.8 Å². The van der Waals surface area contributed by atoms with Gasteiger partial charge in [0, 0.05) is 18.1 Å². The Kier molecular flexibility index (Phi) is 5.79. The van der Waals surface area contributed by atoms with Crippen LogP contribution in [0.1, 0.15) is 36.5 Å². The fraction of sp³-hybridized carbons (Fsp3) is 0.474. The lowest BCUT2D eigenvalue weighted by Gasteiger charge is -2.34. The number of rotatable bonds is 4. The zero-order chi connectivity index (χ0) is 19.6. The van der Waals surface area contributed by atoms with E-state index < -0.39 is 5.97 Å². The third-order valence-electron chi connectivity index (χ3n) is 4.56. The second kappa shape index (κ2) is 8.08. The molecule has 0 bridgehead atoms. The minimum absolute atomic E-state index is 0.0863. The highest BCUT2D eigenvalue weighted by Gasteiger charge is 2.27. The van der Waals surface area contributed by atoms with Gasteiger partial charge in [0.2, 0.25) is 0 Å². The summed E-state index contributed by atoms with van der Waals surface area (Å²) in [7, 11) is 0. The van der Waals surface area contributed by atoms with Crippen molar-refractivity contribution in [3.8, 4) is 5.69 Å². The molecule has 7 nitrogen and oxygen atoms in total. The van der Waals surface area contributed by atoms with E-state index in [9.17, 15) is 9.59 Å². The molecule has 27 heavy (non-hydrogen) atoms. The average Bonchev–Trinajstić information content (AvgIpc) is 3.00. The van der Waals surface area contributed by atoms with Crippen LogP contribution < -0.4 is 0 Å². The fourth-order valence-corrected chi connectivity index (χ4v) is 3.62. The number of esters is 1. The number of amides is 1. The van der Waals surface area contributed by atoms with Gasteiger partial charge < -0.3 is 9.64 Å². The fourth-order valence-electron chi connectivity index (χ4n) is 3.44. The van der Waals surface area contributed by atoms with Crippen LogP contribution in [0.15, 0.2) is 24.3 Å². The summed E-state index contributed by atoms with van der Waals surface area (Å²) in [5.74, 6) is 0.0651. The van der Waals surface area contributed by atoms with Crippen molar-refractivity contribution in [2.75, 3.05) is 19.7 Å². The maximum absolute atomic E-state index is 12.4. The number of ether oxygens (including phenoxy) is 1. The number of piperidine rings is 1. The summed E-state index contributed by atoms with van der Waals surface area (Å²) in [5, 5.41) is 8.96. The molecule has 2 heterocycles. The maximum Gasteiger partial charge on any atom is 0.361 e. The lowest BCUT2D eigenvalue weighted by molar-refractivity contribution is -0.137. The Balaban J connectivity index is 1.64. The van der Waals surface area contributed by atoms with Crippen LogP contribution in [0.2, 0.25) is 5.02 Å². The van der Waals surface area contributed by atoms with Crippen molar-refractivity contribution >= 4 is 23.5 Å². The first-order valence-corrected chi connectivity index (χ1v) is 9.36. The zero-order valence-electron chi connectivity index (χ0n) is 15.7. The molecule has 0 aliphatic carbocycles. The van der Waals surface area contributed by atoms with Crippen LogP contribution in [0.5, 0.6) is 0 Å². The lowest BCUT2D eigenvalue weighted by atomic mass is 9.92. The monoisotopic (exact) mass is 390 g/mol. The van der Waals surface area contributed by atoms with E-state index in [4.69, 9.17) is 16.3 Å². The Hall–Kier alpha value is -2.41. The van der Waals surface area contributed by atoms with Crippen molar-refractivity contribution in [1.29, 1.82) is 0 Å². The Labute approximate surface area is 163 Å². The molecule has 1 aromatic heterocycles. The molecule has 0 saturated carbocycles. The predicted molar refractivity (Wildman–Crippen MR) is 101 cm³/mol. The van der Waals surface area contributed by atoms with Gasteiger partial charge in [0.05, 0.1) is 11.4 Å². The molecule has 1 fully saturated rings. The Morgan fingerprint density at radius 3 is 2.59 bits per heavy atom. The molecule has 3 rings (SSSR count). The molecule has 8 heteroatoms. The van der Waals surface area contributed by atoms with E-state index in [1.54, 1.807) is 36.1 Å². The van der Waals surface area contributed by atoms with Gasteiger partial charge in [0.25, 0.3) is 5.91 Å². The molecule has 0 radical (unpaired) electrons. The predicted octanol–water partition coefficient (Wildman–Crippen LogP) is 2.89. The van der Waals surface area contributed by atoms with Gasteiger partial charge in [-0.2, -0.15) is 9.90 Å². The summed E-state index contributed by atoms with van der Waals surface area (Å²) in [6.07, 6.45) is 1.11. The Bertz CT molecular complexity index is 841. The number of hydrogen-bond donors (Lipinski definition) is 0. The first-order valence-electron chi connectivity index (χ1n) is 8.98. The van der Waals surface area contributed by atoms with Gasteiger partial charge in [-0.1, -0.05) is 31.5 Å². The van der Waals surface area contributed by atoms with Crippen molar-refractivity contribution in [2.45, 2.75) is 27.2 Å². The van der Waals surface area contributed by atoms with Gasteiger partial charge in [-0.05, 0) is 43.4 Å². The van der Waals surface area contributed by atoms with Crippen LogP contribution in [0.4, 0.5) is 0 Å². The molecular formula is C19H23ClN4O3. The normalized spacial score (nSPS) is 19.8. The summed E-state index contributed by atoms with van der Waals surface area (Å²) >= 11 is 5.98. The van der Waals surface area contributed by atoms with Crippen molar-refractivity contribution in [3.05, 3.63) is 40.7 Å². The zero-order valence-corrected chi connectivity index (χ0v) is 16.4. The SMILES string of the molecule is Cc1nn(-c2cccc(Cl)c2)nc1C(=O)OCC(=O)N1C[C@H](C)C[C@H](C)C1. The van der Waals surface area contributed by atoms with E-state index in [1.165, 1.54) is 4.80 Å². The van der Waals surface area contributed by atoms with Gasteiger partial charge in [-0.15, -0.1) is 5.10 Å². The number of hydrogen-bond acceptors (Lipinski definition) is 5. The minimum atomic E-state index is -0.660. The number of nitrogens with zero attached hydrogens (tertiary/aromatic N) is 4. The number of aryl methyl sites for hydroxylation is 1. The van der Waals surface area contributed by atoms with Crippen LogP contribution >= 0.6 is 11.6 Å². The van der Waals surface area contributed by atoms with E-state index in [0.29, 0.717) is 41.3 Å². The number of benzene rings is 1. The summed E-state index contributed by atoms with van der Waals surface area (Å²) in [5.41, 5.74) is 1.15. The van der Waals surface area contributed by atoms with Gasteiger partial charge in [-0.3, -0.25) is 4.79 Å². The third-order valence-corrected chi connectivity index (χ3v) is 4.80. The molecule has 144 valence electrons.